The first kappa shape index (κ1) is 24.9. The van der Waals surface area contributed by atoms with Gasteiger partial charge in [-0.15, -0.1) is 0 Å². The van der Waals surface area contributed by atoms with Crippen molar-refractivity contribution < 1.29 is 9.47 Å². The molecule has 0 aliphatic carbocycles. The molecule has 1 heterocycles. The maximum atomic E-state index is 9.97. The second-order valence-electron chi connectivity index (χ2n) is 8.85. The highest BCUT2D eigenvalue weighted by Gasteiger charge is 2.22. The first-order valence-corrected chi connectivity index (χ1v) is 12.4. The average Bonchev–Trinajstić information content (AvgIpc) is 3.44. The molecule has 1 atom stereocenters. The minimum Gasteiger partial charge on any atom is -0.363 e. The van der Waals surface area contributed by atoms with Crippen molar-refractivity contribution in [2.45, 2.75) is 26.4 Å². The summed E-state index contributed by atoms with van der Waals surface area (Å²) in [6.45, 7) is 3.22. The smallest absolute Gasteiger partial charge is 0.125 e. The molecule has 0 amide bonds. The van der Waals surface area contributed by atoms with Crippen LogP contribution in [0.15, 0.2) is 97.5 Å². The molecule has 0 fully saturated rings. The van der Waals surface area contributed by atoms with Crippen molar-refractivity contribution in [2.24, 2.45) is 0 Å². The Morgan fingerprint density at radius 1 is 0.895 bits per heavy atom. The Hall–Kier alpha value is -4.75. The van der Waals surface area contributed by atoms with Crippen LogP contribution in [-0.2, 0) is 22.8 Å². The fourth-order valence-corrected chi connectivity index (χ4v) is 4.56. The van der Waals surface area contributed by atoms with E-state index in [4.69, 9.17) is 14.7 Å². The number of hydrogen-bond donors (Lipinski definition) is 0. The molecule has 38 heavy (non-hydrogen) atoms. The van der Waals surface area contributed by atoms with E-state index in [1.165, 1.54) is 0 Å². The fourth-order valence-electron chi connectivity index (χ4n) is 4.56. The number of nitriles is 2. The minimum absolute atomic E-state index is 0.333. The second-order valence-corrected chi connectivity index (χ2v) is 8.85. The summed E-state index contributed by atoms with van der Waals surface area (Å²) < 4.78 is 14.1. The Morgan fingerprint density at radius 3 is 2.50 bits per heavy atom. The molecule has 0 radical (unpaired) electrons. The highest BCUT2D eigenvalue weighted by molar-refractivity contribution is 5.97. The average molecular weight is 499 g/mol. The van der Waals surface area contributed by atoms with Gasteiger partial charge in [-0.3, -0.25) is 0 Å². The van der Waals surface area contributed by atoms with Crippen LogP contribution in [0.3, 0.4) is 0 Å². The molecule has 5 aromatic rings. The summed E-state index contributed by atoms with van der Waals surface area (Å²) in [7, 11) is 0. The van der Waals surface area contributed by atoms with Gasteiger partial charge < -0.3 is 14.0 Å². The predicted molar refractivity (Wildman–Crippen MR) is 146 cm³/mol. The highest BCUT2D eigenvalue weighted by atomic mass is 16.5. The fraction of sp³-hybridized carbons (Fsp3) is 0.156. The second kappa shape index (κ2) is 11.5. The summed E-state index contributed by atoms with van der Waals surface area (Å²) in [5.41, 5.74) is 5.75. The normalized spacial score (nSPS) is 11.7. The molecular formula is C32H26N4O2. The summed E-state index contributed by atoms with van der Waals surface area (Å²) in [5, 5.41) is 21.3. The van der Waals surface area contributed by atoms with E-state index in [0.717, 1.165) is 38.7 Å². The lowest BCUT2D eigenvalue weighted by molar-refractivity contribution is 0.0467. The third-order valence-corrected chi connectivity index (χ3v) is 6.49. The van der Waals surface area contributed by atoms with Gasteiger partial charge in [0.15, 0.2) is 0 Å². The molecule has 5 rings (SSSR count). The van der Waals surface area contributed by atoms with Gasteiger partial charge in [0.1, 0.15) is 12.8 Å². The van der Waals surface area contributed by atoms with Crippen LogP contribution in [0, 0.1) is 22.7 Å². The Kier molecular flexibility index (Phi) is 7.57. The number of nitrogens with zero attached hydrogens (tertiary/aromatic N) is 4. The van der Waals surface area contributed by atoms with Gasteiger partial charge >= 0.3 is 0 Å². The summed E-state index contributed by atoms with van der Waals surface area (Å²) in [4.78, 5) is 4.37. The number of hydrogen-bond acceptors (Lipinski definition) is 5. The predicted octanol–water partition coefficient (Wildman–Crippen LogP) is 6.75. The van der Waals surface area contributed by atoms with Crippen LogP contribution in [0.1, 0.15) is 41.0 Å². The number of imidazole rings is 1. The van der Waals surface area contributed by atoms with Crippen LogP contribution in [0.5, 0.6) is 0 Å². The lowest BCUT2D eigenvalue weighted by Crippen LogP contribution is -2.14. The minimum atomic E-state index is -0.463. The largest absolute Gasteiger partial charge is 0.363 e. The molecule has 6 heteroatoms. The van der Waals surface area contributed by atoms with Crippen molar-refractivity contribution >= 4 is 10.8 Å². The molecule has 1 unspecified atom stereocenters. The van der Waals surface area contributed by atoms with Crippen molar-refractivity contribution in [3.8, 4) is 23.3 Å². The Labute approximate surface area is 221 Å². The van der Waals surface area contributed by atoms with Crippen molar-refractivity contribution in [3.63, 3.8) is 0 Å². The number of rotatable bonds is 9. The van der Waals surface area contributed by atoms with Gasteiger partial charge in [-0.05, 0) is 58.7 Å². The van der Waals surface area contributed by atoms with Crippen LogP contribution in [0.25, 0.3) is 21.9 Å². The zero-order valence-electron chi connectivity index (χ0n) is 21.0. The van der Waals surface area contributed by atoms with Gasteiger partial charge in [-0.25, -0.2) is 4.98 Å². The first-order valence-electron chi connectivity index (χ1n) is 12.4. The van der Waals surface area contributed by atoms with Gasteiger partial charge in [0.2, 0.25) is 0 Å². The summed E-state index contributed by atoms with van der Waals surface area (Å²) >= 11 is 0. The molecule has 1 aromatic heterocycles. The van der Waals surface area contributed by atoms with Crippen molar-refractivity contribution in [1.82, 2.24) is 9.55 Å². The molecule has 0 aliphatic heterocycles. The van der Waals surface area contributed by atoms with E-state index in [1.54, 1.807) is 24.7 Å². The Morgan fingerprint density at radius 2 is 1.71 bits per heavy atom. The van der Waals surface area contributed by atoms with E-state index in [9.17, 15) is 5.26 Å². The lowest BCUT2D eigenvalue weighted by atomic mass is 9.92. The zero-order valence-corrected chi connectivity index (χ0v) is 21.0. The van der Waals surface area contributed by atoms with E-state index in [-0.39, 0.29) is 0 Å². The van der Waals surface area contributed by atoms with Crippen LogP contribution >= 0.6 is 0 Å². The van der Waals surface area contributed by atoms with E-state index in [1.807, 2.05) is 66.1 Å². The van der Waals surface area contributed by atoms with Gasteiger partial charge in [-0.2, -0.15) is 10.5 Å². The number of benzene rings is 4. The van der Waals surface area contributed by atoms with E-state index in [0.29, 0.717) is 31.1 Å². The molecule has 6 nitrogen and oxygen atoms in total. The standard InChI is InChI=1S/C32H26N4O2/c1-2-37-22-36-21-35-19-31(36)32(38-20-24-12-10-23(17-33)11-13-24)26-14-15-27(18-34)30(16-26)29-9-5-7-25-6-3-4-8-28(25)29/h3-16,19,21,32H,2,20,22H2,1H3. The van der Waals surface area contributed by atoms with Crippen molar-refractivity contribution in [3.05, 3.63) is 125 Å². The SMILES string of the molecule is CCOCn1cncc1C(OCc1ccc(C#N)cc1)c1ccc(C#N)c(-c2cccc3ccccc23)c1. The van der Waals surface area contributed by atoms with Crippen molar-refractivity contribution in [2.75, 3.05) is 6.61 Å². The first-order chi connectivity index (χ1) is 18.7. The van der Waals surface area contributed by atoms with E-state index < -0.39 is 6.10 Å². The van der Waals surface area contributed by atoms with Crippen LogP contribution in [-0.4, -0.2) is 16.2 Å². The van der Waals surface area contributed by atoms with Gasteiger partial charge in [0.05, 0.1) is 48.1 Å². The Balaban J connectivity index is 1.59. The molecule has 0 saturated heterocycles. The number of aromatic nitrogens is 2. The molecule has 0 saturated carbocycles. The molecule has 0 spiro atoms. The zero-order chi connectivity index (χ0) is 26.3. The van der Waals surface area contributed by atoms with E-state index >= 15 is 0 Å². The molecule has 0 N–H and O–H groups in total. The van der Waals surface area contributed by atoms with Crippen LogP contribution < -0.4 is 0 Å². The summed E-state index contributed by atoms with van der Waals surface area (Å²) in [5.74, 6) is 0. The van der Waals surface area contributed by atoms with Gasteiger partial charge in [0, 0.05) is 12.2 Å². The Bertz CT molecular complexity index is 1640. The molecule has 4 aromatic carbocycles. The summed E-state index contributed by atoms with van der Waals surface area (Å²) in [6.07, 6.45) is 3.06. The van der Waals surface area contributed by atoms with Gasteiger partial charge in [0.25, 0.3) is 0 Å². The number of ether oxygens (including phenoxy) is 2. The third-order valence-electron chi connectivity index (χ3n) is 6.49. The highest BCUT2D eigenvalue weighted by Crippen LogP contribution is 2.35. The molecule has 0 bridgehead atoms. The molecule has 186 valence electrons. The molecule has 0 aliphatic rings. The van der Waals surface area contributed by atoms with Crippen LogP contribution in [0.2, 0.25) is 0 Å². The number of fused-ring (bicyclic) bond motifs is 1. The summed E-state index contributed by atoms with van der Waals surface area (Å²) in [6, 6.07) is 32.0. The third kappa shape index (κ3) is 5.19. The van der Waals surface area contributed by atoms with Gasteiger partial charge in [-0.1, -0.05) is 60.7 Å². The lowest BCUT2D eigenvalue weighted by Gasteiger charge is -2.22. The topological polar surface area (TPSA) is 83.9 Å². The van der Waals surface area contributed by atoms with Crippen molar-refractivity contribution in [1.29, 1.82) is 10.5 Å². The monoisotopic (exact) mass is 498 g/mol. The van der Waals surface area contributed by atoms with Crippen LogP contribution in [0.4, 0.5) is 0 Å². The molecular weight excluding hydrogens is 472 g/mol. The maximum Gasteiger partial charge on any atom is 0.125 e. The maximum absolute atomic E-state index is 9.97. The van der Waals surface area contributed by atoms with E-state index in [2.05, 4.69) is 35.3 Å². The quantitative estimate of drug-likeness (QED) is 0.224.